The lowest BCUT2D eigenvalue weighted by Crippen LogP contribution is -2.61. The van der Waals surface area contributed by atoms with E-state index in [2.05, 4.69) is 76.5 Å². The fourth-order valence-corrected chi connectivity index (χ4v) is 7.22. The molecule has 0 spiro atoms. The Morgan fingerprint density at radius 3 is 2.66 bits per heavy atom. The molecule has 6 heterocycles. The Kier molecular flexibility index (Phi) is 4.78. The summed E-state index contributed by atoms with van der Waals surface area (Å²) in [5.41, 5.74) is 2.33. The molecular formula is C29H35N7O2. The highest BCUT2D eigenvalue weighted by Crippen LogP contribution is 2.73. The van der Waals surface area contributed by atoms with Crippen molar-refractivity contribution >= 4 is 11.3 Å². The predicted octanol–water partition coefficient (Wildman–Crippen LogP) is 3.80. The Morgan fingerprint density at radius 1 is 1.16 bits per heavy atom. The lowest BCUT2D eigenvalue weighted by molar-refractivity contribution is -0.137. The molecule has 9 nitrogen and oxygen atoms in total. The van der Waals surface area contributed by atoms with Crippen LogP contribution in [0.5, 0.6) is 0 Å². The molecule has 0 unspecified atom stereocenters. The summed E-state index contributed by atoms with van der Waals surface area (Å²) in [5.74, 6) is 1.80. The van der Waals surface area contributed by atoms with Gasteiger partial charge in [-0.05, 0) is 57.7 Å². The van der Waals surface area contributed by atoms with Gasteiger partial charge in [0.1, 0.15) is 11.4 Å². The number of fused-ring (bicyclic) bond motifs is 2. The molecule has 8 rings (SSSR count). The second-order valence-corrected chi connectivity index (χ2v) is 12.5. The number of aliphatic hydroxyl groups is 1. The fourth-order valence-electron chi connectivity index (χ4n) is 7.22. The number of benzene rings is 1. The van der Waals surface area contributed by atoms with Crippen molar-refractivity contribution in [3.05, 3.63) is 71.2 Å². The van der Waals surface area contributed by atoms with Crippen molar-refractivity contribution in [3.63, 3.8) is 0 Å². The number of H-pyrrole nitrogens is 1. The number of anilines is 1. The van der Waals surface area contributed by atoms with Crippen LogP contribution in [-0.4, -0.2) is 60.2 Å². The molecule has 4 atom stereocenters. The predicted molar refractivity (Wildman–Crippen MR) is 143 cm³/mol. The van der Waals surface area contributed by atoms with Gasteiger partial charge in [0.15, 0.2) is 17.3 Å². The van der Waals surface area contributed by atoms with Gasteiger partial charge in [-0.15, -0.1) is 5.10 Å². The Morgan fingerprint density at radius 2 is 1.95 bits per heavy atom. The van der Waals surface area contributed by atoms with Gasteiger partial charge < -0.3 is 14.7 Å². The first-order valence-corrected chi connectivity index (χ1v) is 13.5. The Balaban J connectivity index is 1.25. The van der Waals surface area contributed by atoms with Gasteiger partial charge in [0.05, 0.1) is 30.0 Å². The minimum Gasteiger partial charge on any atom is -0.390 e. The van der Waals surface area contributed by atoms with E-state index in [1.54, 1.807) is 0 Å². The topological polar surface area (TPSA) is 104 Å². The molecule has 1 aliphatic carbocycles. The number of hydrogen-bond acceptors (Lipinski definition) is 7. The van der Waals surface area contributed by atoms with Crippen LogP contribution in [0.1, 0.15) is 68.1 Å². The molecule has 1 saturated carbocycles. The lowest BCUT2D eigenvalue weighted by atomic mass is 9.47. The smallest absolute Gasteiger partial charge is 0.184 e. The van der Waals surface area contributed by atoms with E-state index in [4.69, 9.17) is 14.8 Å². The van der Waals surface area contributed by atoms with Crippen LogP contribution >= 0.6 is 0 Å². The summed E-state index contributed by atoms with van der Waals surface area (Å²) < 4.78 is 8.38. The van der Waals surface area contributed by atoms with Crippen molar-refractivity contribution in [3.8, 4) is 0 Å². The van der Waals surface area contributed by atoms with Crippen LogP contribution in [0, 0.1) is 19.3 Å². The molecule has 4 fully saturated rings. The van der Waals surface area contributed by atoms with Crippen molar-refractivity contribution in [1.82, 2.24) is 29.8 Å². The summed E-state index contributed by atoms with van der Waals surface area (Å²) in [5, 5.41) is 23.6. The molecule has 2 bridgehead atoms. The maximum absolute atomic E-state index is 11.2. The highest BCUT2D eigenvalue weighted by molar-refractivity contribution is 5.58. The van der Waals surface area contributed by atoms with Crippen LogP contribution in [0.15, 0.2) is 42.6 Å². The van der Waals surface area contributed by atoms with E-state index in [9.17, 15) is 5.11 Å². The highest BCUT2D eigenvalue weighted by atomic mass is 16.5. The molecule has 2 N–H and O–H groups in total. The molecule has 3 aromatic heterocycles. The largest absolute Gasteiger partial charge is 0.390 e. The Labute approximate surface area is 222 Å². The average molecular weight is 514 g/mol. The number of aromatic amines is 1. The van der Waals surface area contributed by atoms with Gasteiger partial charge in [0.25, 0.3) is 0 Å². The van der Waals surface area contributed by atoms with Crippen LogP contribution in [0.25, 0.3) is 5.65 Å². The number of nitrogens with zero attached hydrogens (tertiary/aromatic N) is 6. The zero-order chi connectivity index (χ0) is 26.5. The zero-order valence-electron chi connectivity index (χ0n) is 22.7. The maximum Gasteiger partial charge on any atom is 0.184 e. The Hall–Kier alpha value is -3.30. The van der Waals surface area contributed by atoms with Crippen molar-refractivity contribution in [1.29, 1.82) is 0 Å². The number of rotatable bonds is 5. The molecule has 3 aliphatic heterocycles. The van der Waals surface area contributed by atoms with Gasteiger partial charge in [-0.1, -0.05) is 37.3 Å². The summed E-state index contributed by atoms with van der Waals surface area (Å²) in [6.45, 7) is 12.4. The molecule has 198 valence electrons. The van der Waals surface area contributed by atoms with Gasteiger partial charge in [0.2, 0.25) is 0 Å². The summed E-state index contributed by atoms with van der Waals surface area (Å²) in [6, 6.07) is 13.0. The molecular weight excluding hydrogens is 478 g/mol. The van der Waals surface area contributed by atoms with Crippen LogP contribution in [0.2, 0.25) is 0 Å². The highest BCUT2D eigenvalue weighted by Gasteiger charge is 2.78. The molecule has 4 aliphatic rings. The van der Waals surface area contributed by atoms with Crippen molar-refractivity contribution in [2.45, 2.75) is 70.0 Å². The molecule has 9 heteroatoms. The number of nitrogens with one attached hydrogen (secondary N) is 1. The number of pyridine rings is 1. The molecule has 0 radical (unpaired) electrons. The number of ether oxygens (including phenoxy) is 1. The van der Waals surface area contributed by atoms with Crippen LogP contribution in [-0.2, 0) is 15.8 Å². The molecule has 1 aromatic carbocycles. The lowest BCUT2D eigenvalue weighted by Gasteiger charge is -2.55. The third-order valence-corrected chi connectivity index (χ3v) is 9.57. The van der Waals surface area contributed by atoms with Crippen LogP contribution in [0.3, 0.4) is 0 Å². The third-order valence-electron chi connectivity index (χ3n) is 9.57. The second-order valence-electron chi connectivity index (χ2n) is 12.5. The molecule has 3 saturated heterocycles. The van der Waals surface area contributed by atoms with Gasteiger partial charge in [-0.25, -0.2) is 14.5 Å². The number of aromatic nitrogens is 6. The second kappa shape index (κ2) is 7.64. The molecule has 0 amide bonds. The van der Waals surface area contributed by atoms with Gasteiger partial charge in [0, 0.05) is 23.9 Å². The minimum atomic E-state index is -0.963. The molecule has 4 aromatic rings. The maximum atomic E-state index is 11.2. The quantitative estimate of drug-likeness (QED) is 0.418. The first-order valence-electron chi connectivity index (χ1n) is 13.5. The normalized spacial score (nSPS) is 30.8. The van der Waals surface area contributed by atoms with E-state index >= 15 is 0 Å². The minimum absolute atomic E-state index is 0.114. The summed E-state index contributed by atoms with van der Waals surface area (Å²) in [7, 11) is 0. The summed E-state index contributed by atoms with van der Waals surface area (Å²) >= 11 is 0. The first kappa shape index (κ1) is 23.8. The SMILES string of the molecule is Cc1nc([C@@H]2[C@]3(C(C)(C)O)CO[C@@]2(c2nc4c(C)cc(N5CC[C@](C)(c6ccccc6)C5)cn4n2)C3)n[nH]1. The Bertz CT molecular complexity index is 1540. The van der Waals surface area contributed by atoms with Crippen LogP contribution < -0.4 is 4.90 Å². The monoisotopic (exact) mass is 513 g/mol. The van der Waals surface area contributed by atoms with E-state index in [1.807, 2.05) is 25.3 Å². The number of hydrogen-bond donors (Lipinski definition) is 2. The van der Waals surface area contributed by atoms with Gasteiger partial charge in [-0.2, -0.15) is 5.10 Å². The zero-order valence-corrected chi connectivity index (χ0v) is 22.7. The van der Waals surface area contributed by atoms with E-state index < -0.39 is 16.6 Å². The summed E-state index contributed by atoms with van der Waals surface area (Å²) in [4.78, 5) is 12.1. The van der Waals surface area contributed by atoms with E-state index in [-0.39, 0.29) is 11.3 Å². The third kappa shape index (κ3) is 3.12. The van der Waals surface area contributed by atoms with Crippen molar-refractivity contribution < 1.29 is 9.84 Å². The van der Waals surface area contributed by atoms with Crippen molar-refractivity contribution in [2.24, 2.45) is 5.41 Å². The van der Waals surface area contributed by atoms with E-state index in [0.29, 0.717) is 24.7 Å². The van der Waals surface area contributed by atoms with Gasteiger partial charge >= 0.3 is 0 Å². The van der Waals surface area contributed by atoms with E-state index in [1.165, 1.54) is 5.56 Å². The standard InChI is InChI=1S/C29H35N7O2/c1-18-13-21(35-12-11-27(5,16-35)20-9-7-6-8-10-20)14-36-24(18)31-25(34-36)29-15-28(17-38-29,26(3,4)37)22(29)23-30-19(2)32-33-23/h6-10,13-14,22,37H,11-12,15-17H2,1-5H3,(H,30,32,33)/t22-,27+,28-,29+/m1/s1. The number of aryl methyl sites for hydroxylation is 2. The first-order chi connectivity index (χ1) is 18.0. The molecule has 38 heavy (non-hydrogen) atoms. The van der Waals surface area contributed by atoms with Gasteiger partial charge in [-0.3, -0.25) is 5.10 Å². The van der Waals surface area contributed by atoms with Crippen molar-refractivity contribution in [2.75, 3.05) is 24.6 Å². The van der Waals surface area contributed by atoms with E-state index in [0.717, 1.165) is 42.2 Å². The summed E-state index contributed by atoms with van der Waals surface area (Å²) in [6.07, 6.45) is 3.82. The average Bonchev–Trinajstić information content (AvgIpc) is 3.67. The van der Waals surface area contributed by atoms with Crippen LogP contribution in [0.4, 0.5) is 5.69 Å². The fraction of sp³-hybridized carbons (Fsp3) is 0.517.